The van der Waals surface area contributed by atoms with Crippen molar-refractivity contribution < 1.29 is 13.9 Å². The number of rotatable bonds is 7. The maximum Gasteiger partial charge on any atom is 0.258 e. The number of aromatic amines is 1. The van der Waals surface area contributed by atoms with Gasteiger partial charge in [-0.3, -0.25) is 9.78 Å². The molecule has 2 aromatic heterocycles. The van der Waals surface area contributed by atoms with E-state index >= 15 is 0 Å². The summed E-state index contributed by atoms with van der Waals surface area (Å²) in [5, 5.41) is 3.83. The molecule has 2 N–H and O–H groups in total. The number of nitrogens with one attached hydrogen (secondary N) is 2. The van der Waals surface area contributed by atoms with Crippen LogP contribution in [-0.4, -0.2) is 34.7 Å². The van der Waals surface area contributed by atoms with Crippen LogP contribution in [0.1, 0.15) is 24.4 Å². The second-order valence-electron chi connectivity index (χ2n) is 7.25. The number of hydrogen-bond donors (Lipinski definition) is 2. The number of halogens is 2. The van der Waals surface area contributed by atoms with E-state index in [4.69, 9.17) is 21.1 Å². The summed E-state index contributed by atoms with van der Waals surface area (Å²) in [5.41, 5.74) is 0.964. The lowest BCUT2D eigenvalue weighted by molar-refractivity contribution is 0.0547. The van der Waals surface area contributed by atoms with Gasteiger partial charge in [0.05, 0.1) is 22.7 Å². The molecule has 0 bridgehead atoms. The van der Waals surface area contributed by atoms with Crippen LogP contribution >= 0.6 is 11.6 Å². The second kappa shape index (κ2) is 9.51. The van der Waals surface area contributed by atoms with Gasteiger partial charge in [0.1, 0.15) is 29.5 Å². The zero-order valence-corrected chi connectivity index (χ0v) is 17.0. The average molecular weight is 433 g/mol. The van der Waals surface area contributed by atoms with Gasteiger partial charge in [-0.25, -0.2) is 9.37 Å². The minimum atomic E-state index is -0.524. The fourth-order valence-corrected chi connectivity index (χ4v) is 3.62. The molecular formula is C21H22ClFN4O3. The second-order valence-corrected chi connectivity index (χ2v) is 7.65. The van der Waals surface area contributed by atoms with E-state index in [1.165, 1.54) is 18.2 Å². The molecule has 1 unspecified atom stereocenters. The van der Waals surface area contributed by atoms with Crippen molar-refractivity contribution in [1.82, 2.24) is 20.3 Å². The van der Waals surface area contributed by atoms with Crippen molar-refractivity contribution in [2.45, 2.75) is 26.0 Å². The van der Waals surface area contributed by atoms with E-state index < -0.39 is 5.82 Å². The first-order valence-electron chi connectivity index (χ1n) is 9.83. The number of ether oxygens (including phenoxy) is 2. The Hall–Kier alpha value is -2.55. The van der Waals surface area contributed by atoms with Crippen molar-refractivity contribution in [3.05, 3.63) is 63.2 Å². The van der Waals surface area contributed by atoms with E-state index in [-0.39, 0.29) is 17.2 Å². The average Bonchev–Trinajstić information content (AvgIpc) is 2.76. The molecule has 4 rings (SSSR count). The van der Waals surface area contributed by atoms with Gasteiger partial charge in [-0.15, -0.1) is 0 Å². The van der Waals surface area contributed by atoms with Gasteiger partial charge in [-0.05, 0) is 37.0 Å². The minimum absolute atomic E-state index is 0.00825. The van der Waals surface area contributed by atoms with Crippen molar-refractivity contribution in [3.8, 4) is 5.75 Å². The van der Waals surface area contributed by atoms with Crippen LogP contribution in [0.4, 0.5) is 4.39 Å². The Morgan fingerprint density at radius 1 is 1.37 bits per heavy atom. The molecule has 0 amide bonds. The molecule has 0 spiro atoms. The minimum Gasteiger partial charge on any atom is -0.486 e. The van der Waals surface area contributed by atoms with Crippen LogP contribution in [0.25, 0.3) is 10.9 Å². The van der Waals surface area contributed by atoms with Crippen molar-refractivity contribution in [2.75, 3.05) is 19.8 Å². The van der Waals surface area contributed by atoms with Crippen LogP contribution in [0.5, 0.6) is 5.75 Å². The van der Waals surface area contributed by atoms with Crippen molar-refractivity contribution in [1.29, 1.82) is 0 Å². The Morgan fingerprint density at radius 3 is 3.07 bits per heavy atom. The maximum atomic E-state index is 13.3. The molecule has 0 saturated carbocycles. The normalized spacial score (nSPS) is 16.7. The van der Waals surface area contributed by atoms with Crippen LogP contribution < -0.4 is 15.6 Å². The van der Waals surface area contributed by atoms with Gasteiger partial charge in [0.2, 0.25) is 0 Å². The molecule has 0 aliphatic carbocycles. The number of nitrogens with zero attached hydrogens (tertiary/aromatic N) is 2. The van der Waals surface area contributed by atoms with Gasteiger partial charge in [0.15, 0.2) is 0 Å². The molecule has 1 aliphatic rings. The first-order chi connectivity index (χ1) is 14.6. The highest BCUT2D eigenvalue weighted by atomic mass is 35.5. The number of pyridine rings is 1. The fraction of sp³-hybridized carbons (Fsp3) is 0.381. The summed E-state index contributed by atoms with van der Waals surface area (Å²) in [4.78, 5) is 24.2. The summed E-state index contributed by atoms with van der Waals surface area (Å²) >= 11 is 5.77. The molecule has 1 aromatic carbocycles. The molecule has 1 aliphatic heterocycles. The molecule has 30 heavy (non-hydrogen) atoms. The lowest BCUT2D eigenvalue weighted by Crippen LogP contribution is -2.29. The third kappa shape index (κ3) is 4.95. The van der Waals surface area contributed by atoms with Crippen LogP contribution in [0.3, 0.4) is 0 Å². The zero-order valence-electron chi connectivity index (χ0n) is 16.3. The summed E-state index contributed by atoms with van der Waals surface area (Å²) in [6, 6.07) is 5.71. The molecule has 7 nitrogen and oxygen atoms in total. The summed E-state index contributed by atoms with van der Waals surface area (Å²) in [7, 11) is 0. The van der Waals surface area contributed by atoms with Gasteiger partial charge < -0.3 is 19.8 Å². The van der Waals surface area contributed by atoms with Crippen molar-refractivity contribution in [2.24, 2.45) is 5.92 Å². The molecule has 1 saturated heterocycles. The first-order valence-corrected chi connectivity index (χ1v) is 10.2. The Kier molecular flexibility index (Phi) is 6.56. The Labute approximate surface area is 177 Å². The number of H-pyrrole nitrogens is 1. The number of benzene rings is 1. The van der Waals surface area contributed by atoms with E-state index in [2.05, 4.69) is 20.3 Å². The molecule has 1 fully saturated rings. The third-order valence-corrected chi connectivity index (χ3v) is 5.29. The van der Waals surface area contributed by atoms with Crippen LogP contribution in [-0.2, 0) is 17.9 Å². The Balaban J connectivity index is 1.48. The third-order valence-electron chi connectivity index (χ3n) is 5.00. The molecule has 3 heterocycles. The Bertz CT molecular complexity index is 1090. The largest absolute Gasteiger partial charge is 0.486 e. The van der Waals surface area contributed by atoms with Crippen LogP contribution in [0.2, 0.25) is 5.02 Å². The van der Waals surface area contributed by atoms with Gasteiger partial charge in [-0.2, -0.15) is 0 Å². The smallest absolute Gasteiger partial charge is 0.258 e. The molecule has 1 atom stereocenters. The number of aromatic nitrogens is 3. The van der Waals surface area contributed by atoms with Crippen molar-refractivity contribution in [3.63, 3.8) is 0 Å². The predicted octanol–water partition coefficient (Wildman–Crippen LogP) is 3.21. The summed E-state index contributed by atoms with van der Waals surface area (Å²) in [6.07, 6.45) is 3.83. The van der Waals surface area contributed by atoms with E-state index in [9.17, 15) is 9.18 Å². The molecular weight excluding hydrogens is 411 g/mol. The van der Waals surface area contributed by atoms with E-state index in [1.807, 2.05) is 0 Å². The molecule has 3 aromatic rings. The first kappa shape index (κ1) is 20.7. The highest BCUT2D eigenvalue weighted by Gasteiger charge is 2.15. The van der Waals surface area contributed by atoms with Gasteiger partial charge in [0.25, 0.3) is 5.56 Å². The van der Waals surface area contributed by atoms with Gasteiger partial charge in [-0.1, -0.05) is 11.6 Å². The summed E-state index contributed by atoms with van der Waals surface area (Å²) in [6.45, 7) is 2.93. The zero-order chi connectivity index (χ0) is 20.9. The number of fused-ring (bicyclic) bond motifs is 1. The fourth-order valence-electron chi connectivity index (χ4n) is 3.45. The van der Waals surface area contributed by atoms with E-state index in [0.29, 0.717) is 40.6 Å². The topological polar surface area (TPSA) is 89.1 Å². The maximum absolute atomic E-state index is 13.3. The molecule has 158 valence electrons. The highest BCUT2D eigenvalue weighted by Crippen LogP contribution is 2.22. The lowest BCUT2D eigenvalue weighted by atomic mass is 10.0. The quantitative estimate of drug-likeness (QED) is 0.596. The van der Waals surface area contributed by atoms with Crippen molar-refractivity contribution >= 4 is 22.5 Å². The highest BCUT2D eigenvalue weighted by molar-refractivity contribution is 6.30. The molecule has 9 heteroatoms. The SMILES string of the molecule is O=c1[nH]c(COc2ccc(F)c(Cl)c2)nc2c(CNCC3CCCOC3)nccc12. The van der Waals surface area contributed by atoms with E-state index in [1.54, 1.807) is 12.3 Å². The standard InChI is InChI=1S/C21H22ClFN4O3/c22-16-8-14(3-4-17(16)23)30-12-19-26-20-15(21(28)27-19)5-6-25-18(20)10-24-9-13-2-1-7-29-11-13/h3-6,8,13,24H,1-2,7,9-12H2,(H,26,27,28). The molecule has 0 radical (unpaired) electrons. The summed E-state index contributed by atoms with van der Waals surface area (Å²) in [5.74, 6) is 0.690. The Morgan fingerprint density at radius 2 is 2.27 bits per heavy atom. The van der Waals surface area contributed by atoms with Crippen LogP contribution in [0.15, 0.2) is 35.3 Å². The monoisotopic (exact) mass is 432 g/mol. The lowest BCUT2D eigenvalue weighted by Gasteiger charge is -2.22. The van der Waals surface area contributed by atoms with Crippen LogP contribution in [0, 0.1) is 11.7 Å². The van der Waals surface area contributed by atoms with Gasteiger partial charge >= 0.3 is 0 Å². The predicted molar refractivity (Wildman–Crippen MR) is 111 cm³/mol. The summed E-state index contributed by atoms with van der Waals surface area (Å²) < 4.78 is 24.4. The van der Waals surface area contributed by atoms with E-state index in [0.717, 1.165) is 32.6 Å². The van der Waals surface area contributed by atoms with Gasteiger partial charge in [0, 0.05) is 32.0 Å². The number of hydrogen-bond acceptors (Lipinski definition) is 6.